The number of esters is 1. The van der Waals surface area contributed by atoms with Gasteiger partial charge in [0.1, 0.15) is 6.54 Å². The van der Waals surface area contributed by atoms with Crippen LogP contribution in [0.4, 0.5) is 0 Å². The van der Waals surface area contributed by atoms with Crippen LogP contribution >= 0.6 is 0 Å². The second-order valence-corrected chi connectivity index (χ2v) is 3.88. The van der Waals surface area contributed by atoms with Crippen molar-refractivity contribution >= 4 is 22.5 Å². The maximum absolute atomic E-state index is 12.2. The van der Waals surface area contributed by atoms with Crippen molar-refractivity contribution in [1.82, 2.24) is 24.6 Å². The zero-order chi connectivity index (χ0) is 13.4. The Kier molecular flexibility index (Phi) is 2.48. The predicted molar refractivity (Wildman–Crippen MR) is 64.6 cm³/mol. The summed E-state index contributed by atoms with van der Waals surface area (Å²) in [7, 11) is 1.27. The minimum atomic E-state index is -0.514. The number of methoxy groups -OCH3 is 1. The van der Waals surface area contributed by atoms with Crippen molar-refractivity contribution in [1.29, 1.82) is 0 Å². The van der Waals surface area contributed by atoms with Crippen LogP contribution in [-0.4, -0.2) is 37.7 Å². The minimum absolute atomic E-state index is 0.189. The molecule has 0 amide bonds. The van der Waals surface area contributed by atoms with Crippen molar-refractivity contribution in [2.24, 2.45) is 0 Å². The molecule has 0 aliphatic carbocycles. The fourth-order valence-electron chi connectivity index (χ4n) is 1.95. The van der Waals surface area contributed by atoms with Crippen molar-refractivity contribution in [3.8, 4) is 0 Å². The number of para-hydroxylation sites is 1. The summed E-state index contributed by atoms with van der Waals surface area (Å²) < 4.78 is 6.94. The minimum Gasteiger partial charge on any atom is -0.468 e. The van der Waals surface area contributed by atoms with E-state index in [9.17, 15) is 9.59 Å². The second kappa shape index (κ2) is 4.16. The van der Waals surface area contributed by atoms with Gasteiger partial charge in [-0.15, -0.1) is 9.61 Å². The first-order chi connectivity index (χ1) is 9.22. The number of hydrogen-bond acceptors (Lipinski definition) is 6. The summed E-state index contributed by atoms with van der Waals surface area (Å²) in [6, 6.07) is 7.10. The number of rotatable bonds is 2. The third-order valence-electron chi connectivity index (χ3n) is 2.83. The molecule has 3 rings (SSSR count). The first-order valence-corrected chi connectivity index (χ1v) is 5.49. The van der Waals surface area contributed by atoms with E-state index in [0.717, 1.165) is 4.52 Å². The number of ether oxygens (including phenoxy) is 1. The Balaban J connectivity index is 2.42. The molecule has 0 bridgehead atoms. The maximum atomic E-state index is 12.2. The molecule has 0 spiro atoms. The second-order valence-electron chi connectivity index (χ2n) is 3.88. The van der Waals surface area contributed by atoms with Gasteiger partial charge in [0.15, 0.2) is 5.65 Å². The largest absolute Gasteiger partial charge is 0.468 e. The molecule has 0 fully saturated rings. The van der Waals surface area contributed by atoms with Gasteiger partial charge >= 0.3 is 11.7 Å². The molecule has 8 nitrogen and oxygen atoms in total. The monoisotopic (exact) mass is 259 g/mol. The molecule has 0 aliphatic heterocycles. The molecule has 96 valence electrons. The van der Waals surface area contributed by atoms with Crippen LogP contribution in [0, 0.1) is 0 Å². The Labute approximate surface area is 106 Å². The van der Waals surface area contributed by atoms with Crippen LogP contribution in [0.25, 0.3) is 16.6 Å². The number of carbonyl (C=O) groups is 1. The van der Waals surface area contributed by atoms with Gasteiger partial charge in [0.25, 0.3) is 0 Å². The zero-order valence-corrected chi connectivity index (χ0v) is 9.98. The predicted octanol–water partition coefficient (Wildman–Crippen LogP) is -0.388. The van der Waals surface area contributed by atoms with Crippen molar-refractivity contribution in [2.45, 2.75) is 6.54 Å². The quantitative estimate of drug-likeness (QED) is 0.582. The van der Waals surface area contributed by atoms with Gasteiger partial charge in [0, 0.05) is 5.39 Å². The smallest absolute Gasteiger partial charge is 0.353 e. The van der Waals surface area contributed by atoms with E-state index in [4.69, 9.17) is 0 Å². The Morgan fingerprint density at radius 3 is 2.95 bits per heavy atom. The average Bonchev–Trinajstić information content (AvgIpc) is 2.93. The number of aromatic nitrogens is 5. The van der Waals surface area contributed by atoms with Crippen molar-refractivity contribution in [3.63, 3.8) is 0 Å². The van der Waals surface area contributed by atoms with Gasteiger partial charge in [0.05, 0.1) is 12.6 Å². The molecule has 3 aromatic rings. The number of fused-ring (bicyclic) bond motifs is 3. The highest BCUT2D eigenvalue weighted by Gasteiger charge is 2.14. The van der Waals surface area contributed by atoms with E-state index in [2.05, 4.69) is 20.3 Å². The van der Waals surface area contributed by atoms with Crippen LogP contribution in [0.1, 0.15) is 0 Å². The van der Waals surface area contributed by atoms with Gasteiger partial charge in [0.2, 0.25) is 0 Å². The van der Waals surface area contributed by atoms with Crippen LogP contribution in [-0.2, 0) is 16.1 Å². The van der Waals surface area contributed by atoms with Crippen LogP contribution in [0.3, 0.4) is 0 Å². The third-order valence-corrected chi connectivity index (χ3v) is 2.83. The highest BCUT2D eigenvalue weighted by molar-refractivity contribution is 5.91. The molecule has 8 heteroatoms. The normalized spacial score (nSPS) is 11.0. The average molecular weight is 259 g/mol. The molecule has 2 aromatic heterocycles. The van der Waals surface area contributed by atoms with E-state index in [1.165, 1.54) is 11.7 Å². The number of carbonyl (C=O) groups excluding carboxylic acids is 1. The van der Waals surface area contributed by atoms with Gasteiger partial charge in [-0.3, -0.25) is 9.36 Å². The number of tetrazole rings is 1. The van der Waals surface area contributed by atoms with Crippen molar-refractivity contribution in [2.75, 3.05) is 7.11 Å². The summed E-state index contributed by atoms with van der Waals surface area (Å²) in [6.45, 7) is -0.189. The van der Waals surface area contributed by atoms with E-state index >= 15 is 0 Å². The standard InChI is InChI=1S/C11H9N5O3/c1-19-9(17)6-15-8-5-3-2-4-7(8)10-12-13-14-16(10)11(15)18/h2-5H,6H2,1H3. The molecule has 0 unspecified atom stereocenters. The van der Waals surface area contributed by atoms with Crippen molar-refractivity contribution in [3.05, 3.63) is 34.7 Å². The lowest BCUT2D eigenvalue weighted by atomic mass is 10.2. The zero-order valence-electron chi connectivity index (χ0n) is 9.98. The lowest BCUT2D eigenvalue weighted by Gasteiger charge is -2.08. The van der Waals surface area contributed by atoms with Gasteiger partial charge in [-0.2, -0.15) is 0 Å². The summed E-state index contributed by atoms with van der Waals surface area (Å²) in [5.74, 6) is -0.514. The first kappa shape index (κ1) is 11.3. The summed E-state index contributed by atoms with van der Waals surface area (Å²) in [5.41, 5.74) is 0.464. The van der Waals surface area contributed by atoms with Gasteiger partial charge in [-0.1, -0.05) is 12.1 Å². The highest BCUT2D eigenvalue weighted by Crippen LogP contribution is 2.15. The molecule has 1 aromatic carbocycles. The molecule has 0 aliphatic rings. The molecule has 0 saturated carbocycles. The fraction of sp³-hybridized carbons (Fsp3) is 0.182. The summed E-state index contributed by atoms with van der Waals surface area (Å²) >= 11 is 0. The number of nitrogens with zero attached hydrogens (tertiary/aromatic N) is 5. The SMILES string of the molecule is COC(=O)Cn1c(=O)n2nnnc2c2ccccc21. The highest BCUT2D eigenvalue weighted by atomic mass is 16.5. The van der Waals surface area contributed by atoms with E-state index in [1.807, 2.05) is 6.07 Å². The maximum Gasteiger partial charge on any atom is 0.353 e. The third kappa shape index (κ3) is 1.65. The van der Waals surface area contributed by atoms with Gasteiger partial charge in [-0.05, 0) is 22.6 Å². The molecular formula is C11H9N5O3. The Morgan fingerprint density at radius 1 is 1.37 bits per heavy atom. The van der Waals surface area contributed by atoms with E-state index in [-0.39, 0.29) is 6.54 Å². The lowest BCUT2D eigenvalue weighted by Crippen LogP contribution is -2.30. The molecule has 19 heavy (non-hydrogen) atoms. The van der Waals surface area contributed by atoms with Gasteiger partial charge in [-0.25, -0.2) is 4.79 Å². The number of benzene rings is 1. The van der Waals surface area contributed by atoms with Gasteiger partial charge < -0.3 is 4.74 Å². The van der Waals surface area contributed by atoms with Crippen LogP contribution < -0.4 is 5.69 Å². The summed E-state index contributed by atoms with van der Waals surface area (Å²) in [6.07, 6.45) is 0. The van der Waals surface area contributed by atoms with Crippen LogP contribution in [0.5, 0.6) is 0 Å². The molecule has 0 saturated heterocycles. The Hall–Kier alpha value is -2.77. The van der Waals surface area contributed by atoms with Crippen LogP contribution in [0.2, 0.25) is 0 Å². The Morgan fingerprint density at radius 2 is 2.16 bits per heavy atom. The fourth-order valence-corrected chi connectivity index (χ4v) is 1.95. The molecule has 0 radical (unpaired) electrons. The molecule has 0 atom stereocenters. The summed E-state index contributed by atoms with van der Waals surface area (Å²) in [5, 5.41) is 11.6. The van der Waals surface area contributed by atoms with E-state index in [1.54, 1.807) is 18.2 Å². The topological polar surface area (TPSA) is 91.4 Å². The first-order valence-electron chi connectivity index (χ1n) is 5.49. The van der Waals surface area contributed by atoms with E-state index in [0.29, 0.717) is 16.6 Å². The molecule has 0 N–H and O–H groups in total. The lowest BCUT2D eigenvalue weighted by molar-refractivity contribution is -0.141. The molecular weight excluding hydrogens is 250 g/mol. The van der Waals surface area contributed by atoms with Crippen LogP contribution in [0.15, 0.2) is 29.1 Å². The van der Waals surface area contributed by atoms with Crippen molar-refractivity contribution < 1.29 is 9.53 Å². The Bertz CT molecular complexity index is 835. The summed E-state index contributed by atoms with van der Waals surface area (Å²) in [4.78, 5) is 23.6. The number of hydrogen-bond donors (Lipinski definition) is 0. The van der Waals surface area contributed by atoms with E-state index < -0.39 is 11.7 Å². The molecule has 2 heterocycles.